The maximum absolute atomic E-state index is 8.26. The van der Waals surface area contributed by atoms with Gasteiger partial charge in [-0.15, -0.1) is 0 Å². The standard InChI is InChI=1S/4C6H15O2PS2.Mo.O/c4*1-5(2)7-9(10,11)8-6(3)4;;/h4*5-6H,1-4H3,(H,10,11);;/q;;;;+4;/p-4. The molecule has 0 bridgehead atoms. The van der Waals surface area contributed by atoms with Crippen LogP contribution in [0.15, 0.2) is 0 Å². The van der Waals surface area contributed by atoms with Gasteiger partial charge in [0.1, 0.15) is 0 Å². The molecule has 0 aromatic rings. The molecule has 0 aliphatic rings. The Bertz CT molecular complexity index is 747. The summed E-state index contributed by atoms with van der Waals surface area (Å²) in [6.07, 6.45) is 0.423. The molecule has 0 N–H and O–H groups in total. The van der Waals surface area contributed by atoms with Crippen LogP contribution >= 0.6 is 22.8 Å². The Morgan fingerprint density at radius 3 is 0.435 bits per heavy atom. The second-order valence-corrected chi connectivity index (χ2v) is 30.6. The first-order valence-corrected chi connectivity index (χ1v) is 29.6. The van der Waals surface area contributed by atoms with E-state index in [4.69, 9.17) is 136 Å². The van der Waals surface area contributed by atoms with Gasteiger partial charge < -0.3 is 85.2 Å². The first-order chi connectivity index (χ1) is 20.3. The summed E-state index contributed by atoms with van der Waals surface area (Å²) in [6.45, 7) is 30.4. The minimum absolute atomic E-state index is 0.0529. The molecule has 0 fully saturated rings. The van der Waals surface area contributed by atoms with Crippen LogP contribution in [0.25, 0.3) is 0 Å². The molecule has 0 unspecified atom stereocenters. The molecule has 0 aliphatic carbocycles. The van der Waals surface area contributed by atoms with E-state index in [0.717, 1.165) is 0 Å². The summed E-state index contributed by atoms with van der Waals surface area (Å²) >= 11 is 40.5. The van der Waals surface area contributed by atoms with Gasteiger partial charge in [-0.25, -0.2) is 0 Å². The van der Waals surface area contributed by atoms with Gasteiger partial charge >= 0.3 is 23.2 Å². The molecule has 0 amide bonds. The zero-order chi connectivity index (χ0) is 38.3. The molecule has 0 heterocycles. The summed E-state index contributed by atoms with van der Waals surface area (Å²) in [5.74, 6) is 0. The van der Waals surface area contributed by atoms with E-state index >= 15 is 0 Å². The molecule has 0 saturated heterocycles. The van der Waals surface area contributed by atoms with Crippen molar-refractivity contribution in [3.05, 3.63) is 0 Å². The van der Waals surface area contributed by atoms with Gasteiger partial charge in [0.2, 0.25) is 0 Å². The van der Waals surface area contributed by atoms with Gasteiger partial charge in [-0.05, 0) is 111 Å². The van der Waals surface area contributed by atoms with Gasteiger partial charge in [0.25, 0.3) is 0 Å². The Labute approximate surface area is 334 Å². The Morgan fingerprint density at radius 1 is 0.326 bits per heavy atom. The van der Waals surface area contributed by atoms with Crippen LogP contribution in [0.2, 0.25) is 0 Å². The predicted molar refractivity (Wildman–Crippen MR) is 217 cm³/mol. The van der Waals surface area contributed by atoms with Crippen molar-refractivity contribution in [2.75, 3.05) is 0 Å². The van der Waals surface area contributed by atoms with Crippen molar-refractivity contribution in [2.45, 2.75) is 160 Å². The molecule has 0 rings (SSSR count). The third-order valence-corrected chi connectivity index (χ3v) is 12.3. The molecule has 0 aliphatic heterocycles. The van der Waals surface area contributed by atoms with E-state index in [1.54, 1.807) is 0 Å². The monoisotopic (exact) mass is 966 g/mol. The zero-order valence-electron chi connectivity index (χ0n) is 29.8. The molecule has 0 atom stereocenters. The summed E-state index contributed by atoms with van der Waals surface area (Å²) in [4.78, 5) is 0. The fourth-order valence-corrected chi connectivity index (χ4v) is 14.8. The summed E-state index contributed by atoms with van der Waals surface area (Å²) in [5, 5.41) is 0. The van der Waals surface area contributed by atoms with Crippen LogP contribution in [0.5, 0.6) is 0 Å². The van der Waals surface area contributed by atoms with Crippen LogP contribution in [0.1, 0.15) is 111 Å². The van der Waals surface area contributed by atoms with Crippen LogP contribution in [-0.4, -0.2) is 48.8 Å². The second-order valence-electron chi connectivity index (χ2n) is 11.0. The Kier molecular flexibility index (Phi) is 40.7. The average molecular weight is 965 g/mol. The Balaban J connectivity index is -0.000000159. The molecule has 22 heteroatoms. The van der Waals surface area contributed by atoms with Crippen LogP contribution < -0.4 is 0 Å². The van der Waals surface area contributed by atoms with Gasteiger partial charge in [0.15, 0.2) is 0 Å². The SMILES string of the molecule is CC(C)OP(=S)([S-])OC(C)C.CC(C)OP(=S)([S-])OC(C)C.CC(C)OP(=S)([S-])OC(C)C.CC(C)OP(=S)([S-])OC(C)C.[O]=[Mo+4]. The van der Waals surface area contributed by atoms with Gasteiger partial charge in [-0.1, -0.05) is 47.2 Å². The quantitative estimate of drug-likeness (QED) is 0.0834. The molecule has 9 nitrogen and oxygen atoms in total. The van der Waals surface area contributed by atoms with E-state index in [0.29, 0.717) is 19.8 Å². The van der Waals surface area contributed by atoms with E-state index in [1.165, 1.54) is 0 Å². The number of hydrogen-bond donors (Lipinski definition) is 0. The van der Waals surface area contributed by atoms with Crippen molar-refractivity contribution in [1.29, 1.82) is 0 Å². The van der Waals surface area contributed by atoms with Crippen molar-refractivity contribution >= 4 is 119 Å². The summed E-state index contributed by atoms with van der Waals surface area (Å²) < 4.78 is 50.4. The van der Waals surface area contributed by atoms with Crippen molar-refractivity contribution in [3.8, 4) is 0 Å². The van der Waals surface area contributed by atoms with E-state index in [9.17, 15) is 0 Å². The topological polar surface area (TPSA) is 90.9 Å². The molecule has 46 heavy (non-hydrogen) atoms. The van der Waals surface area contributed by atoms with E-state index in [-0.39, 0.29) is 48.8 Å². The van der Waals surface area contributed by atoms with Crippen molar-refractivity contribution in [3.63, 3.8) is 0 Å². The number of hydrogen-bond acceptors (Lipinski definition) is 17. The molecule has 280 valence electrons. The fraction of sp³-hybridized carbons (Fsp3) is 1.00. The Morgan fingerprint density at radius 2 is 0.391 bits per heavy atom. The molecule has 0 saturated carbocycles. The molecule has 0 radical (unpaired) electrons. The van der Waals surface area contributed by atoms with Crippen LogP contribution in [0.3, 0.4) is 0 Å². The van der Waals surface area contributed by atoms with Crippen molar-refractivity contribution in [1.82, 2.24) is 0 Å². The van der Waals surface area contributed by atoms with Gasteiger partial charge in [0, 0.05) is 0 Å². The minimum atomic E-state index is -2.39. The maximum atomic E-state index is 8.26. The van der Waals surface area contributed by atoms with Crippen molar-refractivity contribution in [2.24, 2.45) is 0 Å². The zero-order valence-corrected chi connectivity index (χ0v) is 41.9. The van der Waals surface area contributed by atoms with E-state index in [1.807, 2.05) is 111 Å². The third kappa shape index (κ3) is 54.9. The van der Waals surface area contributed by atoms with Crippen LogP contribution in [-0.2, 0) is 156 Å². The summed E-state index contributed by atoms with van der Waals surface area (Å²) in [7, 11) is 0. The predicted octanol–water partition coefficient (Wildman–Crippen LogP) is 10.3. The van der Waals surface area contributed by atoms with Gasteiger partial charge in [0.05, 0.1) is 71.6 Å². The fourth-order valence-electron chi connectivity index (χ4n) is 2.16. The molecular weight excluding hydrogens is 909 g/mol. The normalized spacial score (nSPS) is 12.6. The summed E-state index contributed by atoms with van der Waals surface area (Å²) in [6, 6.07) is 0. The first-order valence-electron chi connectivity index (χ1n) is 14.2. The second kappa shape index (κ2) is 31.5. The molecule has 0 aromatic carbocycles. The first kappa shape index (κ1) is 59.4. The third-order valence-electron chi connectivity index (χ3n) is 2.72. The van der Waals surface area contributed by atoms with Crippen LogP contribution in [0, 0.1) is 0 Å². The Hall–Kier alpha value is 4.17. The van der Waals surface area contributed by atoms with Crippen molar-refractivity contribution < 1.29 is 59.4 Å². The average Bonchev–Trinajstić information content (AvgIpc) is 2.68. The molecular formula is C24H56MoO9P4S8. The van der Waals surface area contributed by atoms with Gasteiger partial charge in [-0.3, -0.25) is 0 Å². The number of rotatable bonds is 16. The molecule has 0 spiro atoms. The van der Waals surface area contributed by atoms with Crippen LogP contribution in [0.4, 0.5) is 0 Å². The van der Waals surface area contributed by atoms with Gasteiger partial charge in [-0.2, -0.15) is 0 Å². The molecule has 0 aromatic heterocycles. The summed E-state index contributed by atoms with van der Waals surface area (Å²) in [5.41, 5.74) is -9.55. The van der Waals surface area contributed by atoms with E-state index in [2.05, 4.69) is 0 Å². The van der Waals surface area contributed by atoms with E-state index < -0.39 is 22.8 Å².